The van der Waals surface area contributed by atoms with Crippen molar-refractivity contribution >= 4 is 28.9 Å². The van der Waals surface area contributed by atoms with Crippen LogP contribution in [-0.4, -0.2) is 25.1 Å². The van der Waals surface area contributed by atoms with Gasteiger partial charge in [-0.2, -0.15) is 13.2 Å². The van der Waals surface area contributed by atoms with Crippen LogP contribution in [0.25, 0.3) is 5.57 Å². The third-order valence-corrected chi connectivity index (χ3v) is 5.27. The fourth-order valence-electron chi connectivity index (χ4n) is 3.78. The van der Waals surface area contributed by atoms with Crippen molar-refractivity contribution in [3.8, 4) is 5.75 Å². The highest BCUT2D eigenvalue weighted by Crippen LogP contribution is 2.38. The number of benzene rings is 2. The number of urea groups is 1. The third kappa shape index (κ3) is 4.08. The molecule has 31 heavy (non-hydrogen) atoms. The summed E-state index contributed by atoms with van der Waals surface area (Å²) in [6.45, 7) is 2.81. The maximum absolute atomic E-state index is 13.0. The van der Waals surface area contributed by atoms with Crippen LogP contribution in [0.1, 0.15) is 30.0 Å². The molecule has 2 aliphatic heterocycles. The Balaban J connectivity index is 1.59. The SMILES string of the molecule is CCN1C(=O)NCc2c(NC(=O)C=C3CCOc4cc(C(F)(F)F)ccc43)cccc21. The molecule has 4 rings (SSSR count). The van der Waals surface area contributed by atoms with Gasteiger partial charge in [0, 0.05) is 42.4 Å². The normalized spacial score (nSPS) is 16.8. The monoisotopic (exact) mass is 431 g/mol. The van der Waals surface area contributed by atoms with Crippen molar-refractivity contribution in [2.24, 2.45) is 0 Å². The van der Waals surface area contributed by atoms with Gasteiger partial charge in [-0.25, -0.2) is 4.79 Å². The second-order valence-corrected chi connectivity index (χ2v) is 7.17. The van der Waals surface area contributed by atoms with Crippen molar-refractivity contribution in [3.05, 3.63) is 59.2 Å². The highest BCUT2D eigenvalue weighted by molar-refractivity contribution is 6.06. The van der Waals surface area contributed by atoms with Gasteiger partial charge in [0.25, 0.3) is 0 Å². The van der Waals surface area contributed by atoms with Gasteiger partial charge in [0.2, 0.25) is 5.91 Å². The van der Waals surface area contributed by atoms with Crippen molar-refractivity contribution in [3.63, 3.8) is 0 Å². The molecular weight excluding hydrogens is 411 g/mol. The van der Waals surface area contributed by atoms with E-state index < -0.39 is 17.6 Å². The standard InChI is InChI=1S/C22H20F3N3O3/c1-2-28-18-5-3-4-17(16(18)12-26-21(28)30)27-20(29)10-13-8-9-31-19-11-14(22(23,24)25)6-7-15(13)19/h3-7,10-11H,2,8-9,12H2,1H3,(H,26,30)(H,27,29). The zero-order valence-electron chi connectivity index (χ0n) is 16.7. The minimum absolute atomic E-state index is 0.110. The zero-order valence-corrected chi connectivity index (χ0v) is 16.7. The average molecular weight is 431 g/mol. The highest BCUT2D eigenvalue weighted by atomic mass is 19.4. The van der Waals surface area contributed by atoms with E-state index in [0.29, 0.717) is 29.8 Å². The molecular formula is C22H20F3N3O3. The molecule has 0 aromatic heterocycles. The van der Waals surface area contributed by atoms with Gasteiger partial charge in [-0.05, 0) is 36.8 Å². The van der Waals surface area contributed by atoms with E-state index in [-0.39, 0.29) is 24.9 Å². The van der Waals surface area contributed by atoms with Gasteiger partial charge in [-0.3, -0.25) is 9.69 Å². The van der Waals surface area contributed by atoms with Gasteiger partial charge in [0.15, 0.2) is 0 Å². The molecule has 0 bridgehead atoms. The van der Waals surface area contributed by atoms with E-state index in [0.717, 1.165) is 23.4 Å². The van der Waals surface area contributed by atoms with E-state index in [1.165, 1.54) is 12.1 Å². The van der Waals surface area contributed by atoms with Crippen LogP contribution in [0.15, 0.2) is 42.5 Å². The predicted molar refractivity (Wildman–Crippen MR) is 110 cm³/mol. The fraction of sp³-hybridized carbons (Fsp3) is 0.273. The first-order valence-corrected chi connectivity index (χ1v) is 9.81. The minimum Gasteiger partial charge on any atom is -0.493 e. The van der Waals surface area contributed by atoms with E-state index in [1.807, 2.05) is 13.0 Å². The Morgan fingerprint density at radius 3 is 2.84 bits per heavy atom. The number of carbonyl (C=O) groups is 2. The number of nitrogens with one attached hydrogen (secondary N) is 2. The molecule has 2 aliphatic rings. The van der Waals surface area contributed by atoms with Gasteiger partial charge >= 0.3 is 12.2 Å². The molecule has 3 amide bonds. The first-order chi connectivity index (χ1) is 14.8. The smallest absolute Gasteiger partial charge is 0.416 e. The molecule has 6 nitrogen and oxygen atoms in total. The largest absolute Gasteiger partial charge is 0.493 e. The summed E-state index contributed by atoms with van der Waals surface area (Å²) >= 11 is 0. The number of fused-ring (bicyclic) bond motifs is 2. The van der Waals surface area contributed by atoms with Crippen molar-refractivity contribution in [2.45, 2.75) is 26.1 Å². The summed E-state index contributed by atoms with van der Waals surface area (Å²) in [6, 6.07) is 8.38. The maximum atomic E-state index is 13.0. The molecule has 0 saturated carbocycles. The molecule has 0 saturated heterocycles. The number of ether oxygens (including phenoxy) is 1. The van der Waals surface area contributed by atoms with Gasteiger partial charge in [-0.1, -0.05) is 12.1 Å². The van der Waals surface area contributed by atoms with E-state index >= 15 is 0 Å². The molecule has 162 valence electrons. The second-order valence-electron chi connectivity index (χ2n) is 7.17. The number of carbonyl (C=O) groups excluding carboxylic acids is 2. The van der Waals surface area contributed by atoms with E-state index in [1.54, 1.807) is 17.0 Å². The highest BCUT2D eigenvalue weighted by Gasteiger charge is 2.32. The molecule has 9 heteroatoms. The molecule has 2 aromatic carbocycles. The first-order valence-electron chi connectivity index (χ1n) is 9.81. The maximum Gasteiger partial charge on any atom is 0.416 e. The van der Waals surface area contributed by atoms with Gasteiger partial charge in [-0.15, -0.1) is 0 Å². The van der Waals surface area contributed by atoms with Crippen LogP contribution >= 0.6 is 0 Å². The van der Waals surface area contributed by atoms with Crippen LogP contribution < -0.4 is 20.3 Å². The summed E-state index contributed by atoms with van der Waals surface area (Å²) in [5.74, 6) is -0.297. The molecule has 0 spiro atoms. The summed E-state index contributed by atoms with van der Waals surface area (Å²) in [4.78, 5) is 26.3. The van der Waals surface area contributed by atoms with Crippen molar-refractivity contribution in [1.82, 2.24) is 5.32 Å². The van der Waals surface area contributed by atoms with Crippen LogP contribution in [0, 0.1) is 0 Å². The van der Waals surface area contributed by atoms with Crippen LogP contribution in [0.5, 0.6) is 5.75 Å². The Bertz CT molecular complexity index is 1080. The van der Waals surface area contributed by atoms with Crippen molar-refractivity contribution < 1.29 is 27.5 Å². The van der Waals surface area contributed by atoms with Crippen LogP contribution in [0.3, 0.4) is 0 Å². The molecule has 0 radical (unpaired) electrons. The lowest BCUT2D eigenvalue weighted by atomic mass is 9.97. The zero-order chi connectivity index (χ0) is 22.2. The Morgan fingerprint density at radius 1 is 1.29 bits per heavy atom. The lowest BCUT2D eigenvalue weighted by molar-refractivity contribution is -0.137. The molecule has 2 heterocycles. The van der Waals surface area contributed by atoms with Crippen molar-refractivity contribution in [1.29, 1.82) is 0 Å². The first kappa shape index (κ1) is 20.8. The number of amides is 3. The van der Waals surface area contributed by atoms with E-state index in [9.17, 15) is 22.8 Å². The number of nitrogens with zero attached hydrogens (tertiary/aromatic N) is 1. The number of alkyl halides is 3. The van der Waals surface area contributed by atoms with Crippen LogP contribution in [-0.2, 0) is 17.5 Å². The van der Waals surface area contributed by atoms with Crippen molar-refractivity contribution in [2.75, 3.05) is 23.4 Å². The third-order valence-electron chi connectivity index (χ3n) is 5.27. The Kier molecular flexibility index (Phi) is 5.34. The Hall–Kier alpha value is -3.49. The molecule has 0 aliphatic carbocycles. The summed E-state index contributed by atoms with van der Waals surface area (Å²) in [6.07, 6.45) is -2.68. The number of halogens is 3. The summed E-state index contributed by atoms with van der Waals surface area (Å²) in [5, 5.41) is 5.61. The van der Waals surface area contributed by atoms with E-state index in [2.05, 4.69) is 10.6 Å². The molecule has 2 N–H and O–H groups in total. The number of hydrogen-bond donors (Lipinski definition) is 2. The average Bonchev–Trinajstić information content (AvgIpc) is 2.73. The molecule has 2 aromatic rings. The van der Waals surface area contributed by atoms with Gasteiger partial charge in [0.05, 0.1) is 17.9 Å². The lowest BCUT2D eigenvalue weighted by Crippen LogP contribution is -2.44. The molecule has 0 atom stereocenters. The van der Waals surface area contributed by atoms with Crippen LogP contribution in [0.4, 0.5) is 29.3 Å². The minimum atomic E-state index is -4.47. The topological polar surface area (TPSA) is 70.7 Å². The Morgan fingerprint density at radius 2 is 2.10 bits per heavy atom. The summed E-state index contributed by atoms with van der Waals surface area (Å²) in [7, 11) is 0. The second kappa shape index (κ2) is 7.98. The Labute approximate surface area is 176 Å². The van der Waals surface area contributed by atoms with Gasteiger partial charge < -0.3 is 15.4 Å². The lowest BCUT2D eigenvalue weighted by Gasteiger charge is -2.30. The number of hydrogen-bond acceptors (Lipinski definition) is 3. The van der Waals surface area contributed by atoms with Gasteiger partial charge in [0.1, 0.15) is 5.75 Å². The predicted octanol–water partition coefficient (Wildman–Crippen LogP) is 4.56. The molecule has 0 fully saturated rings. The summed E-state index contributed by atoms with van der Waals surface area (Å²) < 4.78 is 44.3. The number of anilines is 2. The quantitative estimate of drug-likeness (QED) is 0.700. The summed E-state index contributed by atoms with van der Waals surface area (Å²) in [5.41, 5.74) is 2.35. The molecule has 0 unspecified atom stereocenters. The number of rotatable bonds is 3. The fourth-order valence-corrected chi connectivity index (χ4v) is 3.78. The van der Waals surface area contributed by atoms with E-state index in [4.69, 9.17) is 4.74 Å². The van der Waals surface area contributed by atoms with Crippen LogP contribution in [0.2, 0.25) is 0 Å².